The van der Waals surface area contributed by atoms with Crippen LogP contribution in [0.5, 0.6) is 11.5 Å². The zero-order chi connectivity index (χ0) is 13.7. The van der Waals surface area contributed by atoms with Gasteiger partial charge in [0.1, 0.15) is 0 Å². The lowest BCUT2D eigenvalue weighted by Crippen LogP contribution is -2.36. The van der Waals surface area contributed by atoms with Gasteiger partial charge in [0, 0.05) is 18.2 Å². The first kappa shape index (κ1) is 14.2. The summed E-state index contributed by atoms with van der Waals surface area (Å²) >= 11 is 0. The summed E-state index contributed by atoms with van der Waals surface area (Å²) < 4.78 is 11.1. The number of rotatable bonds is 7. The van der Waals surface area contributed by atoms with Crippen molar-refractivity contribution >= 4 is 0 Å². The molecule has 0 bridgehead atoms. The molecule has 0 amide bonds. The molecule has 1 fully saturated rings. The van der Waals surface area contributed by atoms with E-state index in [1.807, 2.05) is 19.1 Å². The quantitative estimate of drug-likeness (QED) is 0.818. The molecule has 0 radical (unpaired) electrons. The second kappa shape index (κ2) is 6.80. The van der Waals surface area contributed by atoms with E-state index < -0.39 is 0 Å². The molecule has 0 heterocycles. The van der Waals surface area contributed by atoms with Crippen LogP contribution in [0.4, 0.5) is 0 Å². The molecule has 0 saturated heterocycles. The van der Waals surface area contributed by atoms with Gasteiger partial charge >= 0.3 is 0 Å². The van der Waals surface area contributed by atoms with Gasteiger partial charge in [-0.05, 0) is 38.7 Å². The van der Waals surface area contributed by atoms with Gasteiger partial charge in [-0.25, -0.2) is 0 Å². The summed E-state index contributed by atoms with van der Waals surface area (Å²) in [6.07, 6.45) is 4.12. The molecule has 2 rings (SSSR count). The lowest BCUT2D eigenvalue weighted by Gasteiger charge is -2.32. The minimum absolute atomic E-state index is 0.578. The third kappa shape index (κ3) is 3.41. The minimum Gasteiger partial charge on any atom is -0.493 e. The Bertz CT molecular complexity index is 402. The Hall–Kier alpha value is -1.22. The van der Waals surface area contributed by atoms with Crippen molar-refractivity contribution in [3.8, 4) is 11.5 Å². The van der Waals surface area contributed by atoms with Gasteiger partial charge in [0.25, 0.3) is 0 Å². The van der Waals surface area contributed by atoms with E-state index in [2.05, 4.69) is 18.3 Å². The van der Waals surface area contributed by atoms with Crippen molar-refractivity contribution in [2.75, 3.05) is 13.7 Å². The van der Waals surface area contributed by atoms with Crippen molar-refractivity contribution in [1.82, 2.24) is 5.32 Å². The number of nitrogens with one attached hydrogen (secondary N) is 1. The van der Waals surface area contributed by atoms with E-state index in [4.69, 9.17) is 9.47 Å². The minimum atomic E-state index is 0.578. The average molecular weight is 263 g/mol. The molecule has 1 aliphatic carbocycles. The summed E-state index contributed by atoms with van der Waals surface area (Å²) in [6.45, 7) is 5.76. The van der Waals surface area contributed by atoms with E-state index in [1.54, 1.807) is 7.11 Å². The van der Waals surface area contributed by atoms with Crippen molar-refractivity contribution in [2.24, 2.45) is 5.92 Å². The molecular weight excluding hydrogens is 238 g/mol. The zero-order valence-corrected chi connectivity index (χ0v) is 12.2. The molecular formula is C16H25NO2. The van der Waals surface area contributed by atoms with Crippen molar-refractivity contribution in [2.45, 2.75) is 45.7 Å². The Morgan fingerprint density at radius 1 is 1.37 bits per heavy atom. The largest absolute Gasteiger partial charge is 0.493 e. The first-order chi connectivity index (χ1) is 9.26. The number of ether oxygens (including phenoxy) is 2. The van der Waals surface area contributed by atoms with Crippen molar-refractivity contribution in [3.05, 3.63) is 23.8 Å². The highest BCUT2D eigenvalue weighted by atomic mass is 16.5. The van der Waals surface area contributed by atoms with E-state index in [-0.39, 0.29) is 0 Å². The van der Waals surface area contributed by atoms with Crippen LogP contribution in [-0.2, 0) is 6.54 Å². The molecule has 3 nitrogen and oxygen atoms in total. The normalized spacial score (nSPS) is 16.8. The first-order valence-electron chi connectivity index (χ1n) is 7.28. The number of hydrogen-bond acceptors (Lipinski definition) is 3. The van der Waals surface area contributed by atoms with Crippen LogP contribution in [0, 0.1) is 5.92 Å². The smallest absolute Gasteiger partial charge is 0.165 e. The van der Waals surface area contributed by atoms with Gasteiger partial charge < -0.3 is 14.8 Å². The van der Waals surface area contributed by atoms with Crippen LogP contribution in [-0.4, -0.2) is 19.8 Å². The van der Waals surface area contributed by atoms with Crippen LogP contribution in [0.1, 0.15) is 38.7 Å². The molecule has 1 aromatic rings. The van der Waals surface area contributed by atoms with Crippen LogP contribution in [0.15, 0.2) is 18.2 Å². The highest BCUT2D eigenvalue weighted by Crippen LogP contribution is 2.32. The molecule has 0 aromatic heterocycles. The molecule has 1 N–H and O–H groups in total. The Balaban J connectivity index is 2.00. The molecule has 3 heteroatoms. The molecule has 19 heavy (non-hydrogen) atoms. The van der Waals surface area contributed by atoms with Gasteiger partial charge in [-0.2, -0.15) is 0 Å². The third-order valence-electron chi connectivity index (χ3n) is 4.04. The Morgan fingerprint density at radius 3 is 2.74 bits per heavy atom. The molecule has 1 aliphatic rings. The van der Waals surface area contributed by atoms with Crippen LogP contribution >= 0.6 is 0 Å². The zero-order valence-electron chi connectivity index (χ0n) is 12.2. The van der Waals surface area contributed by atoms with Crippen LogP contribution in [0.2, 0.25) is 0 Å². The maximum absolute atomic E-state index is 5.60. The van der Waals surface area contributed by atoms with Gasteiger partial charge in [-0.3, -0.25) is 0 Å². The van der Waals surface area contributed by atoms with Gasteiger partial charge in [-0.15, -0.1) is 0 Å². The van der Waals surface area contributed by atoms with Crippen molar-refractivity contribution in [1.29, 1.82) is 0 Å². The summed E-state index contributed by atoms with van der Waals surface area (Å²) in [5.74, 6) is 2.54. The SMILES string of the molecule is CCOc1cccc(CNC(C)C2CCC2)c1OC. The first-order valence-corrected chi connectivity index (χ1v) is 7.28. The maximum atomic E-state index is 5.60. The summed E-state index contributed by atoms with van der Waals surface area (Å²) in [5.41, 5.74) is 1.17. The van der Waals surface area contributed by atoms with Crippen molar-refractivity contribution < 1.29 is 9.47 Å². The predicted molar refractivity (Wildman–Crippen MR) is 77.8 cm³/mol. The molecule has 106 valence electrons. The van der Waals surface area contributed by atoms with E-state index in [0.29, 0.717) is 12.6 Å². The average Bonchev–Trinajstić information content (AvgIpc) is 2.34. The van der Waals surface area contributed by atoms with Gasteiger partial charge in [0.2, 0.25) is 0 Å². The number of hydrogen-bond donors (Lipinski definition) is 1. The van der Waals surface area contributed by atoms with Crippen molar-refractivity contribution in [3.63, 3.8) is 0 Å². The highest BCUT2D eigenvalue weighted by Gasteiger charge is 2.23. The van der Waals surface area contributed by atoms with E-state index in [1.165, 1.54) is 24.8 Å². The van der Waals surface area contributed by atoms with Crippen LogP contribution in [0.25, 0.3) is 0 Å². The van der Waals surface area contributed by atoms with Gasteiger partial charge in [0.05, 0.1) is 13.7 Å². The van der Waals surface area contributed by atoms with Gasteiger partial charge in [-0.1, -0.05) is 18.6 Å². The highest BCUT2D eigenvalue weighted by molar-refractivity contribution is 5.46. The lowest BCUT2D eigenvalue weighted by atomic mass is 9.80. The number of para-hydroxylation sites is 1. The predicted octanol–water partition coefficient (Wildman–Crippen LogP) is 3.37. The Labute approximate surface area is 116 Å². The number of methoxy groups -OCH3 is 1. The molecule has 0 spiro atoms. The fourth-order valence-corrected chi connectivity index (χ4v) is 2.58. The van der Waals surface area contributed by atoms with E-state index >= 15 is 0 Å². The maximum Gasteiger partial charge on any atom is 0.165 e. The summed E-state index contributed by atoms with van der Waals surface area (Å²) in [7, 11) is 1.71. The Morgan fingerprint density at radius 2 is 2.16 bits per heavy atom. The molecule has 1 unspecified atom stereocenters. The molecule has 0 aliphatic heterocycles. The van der Waals surface area contributed by atoms with Crippen LogP contribution in [0.3, 0.4) is 0 Å². The molecule has 1 saturated carbocycles. The van der Waals surface area contributed by atoms with Crippen LogP contribution < -0.4 is 14.8 Å². The van der Waals surface area contributed by atoms with E-state index in [0.717, 1.165) is 24.0 Å². The second-order valence-electron chi connectivity index (χ2n) is 5.24. The standard InChI is InChI=1S/C16H25NO2/c1-4-19-15-10-6-9-14(16(15)18-3)11-17-12(2)13-7-5-8-13/h6,9-10,12-13,17H,4-5,7-8,11H2,1-3H3. The molecule has 1 atom stereocenters. The van der Waals surface area contributed by atoms with E-state index in [9.17, 15) is 0 Å². The Kier molecular flexibility index (Phi) is 5.08. The lowest BCUT2D eigenvalue weighted by molar-refractivity contribution is 0.239. The molecule has 1 aromatic carbocycles. The van der Waals surface area contributed by atoms with Gasteiger partial charge in [0.15, 0.2) is 11.5 Å². The monoisotopic (exact) mass is 263 g/mol. The fraction of sp³-hybridized carbons (Fsp3) is 0.625. The topological polar surface area (TPSA) is 30.5 Å². The summed E-state index contributed by atoms with van der Waals surface area (Å²) in [6, 6.07) is 6.66. The number of benzene rings is 1. The summed E-state index contributed by atoms with van der Waals surface area (Å²) in [4.78, 5) is 0. The third-order valence-corrected chi connectivity index (χ3v) is 4.04. The fourth-order valence-electron chi connectivity index (χ4n) is 2.58. The summed E-state index contributed by atoms with van der Waals surface area (Å²) in [5, 5.41) is 3.61. The second-order valence-corrected chi connectivity index (χ2v) is 5.24.